The van der Waals surface area contributed by atoms with Crippen LogP contribution in [-0.2, 0) is 37.5 Å². The van der Waals surface area contributed by atoms with Crippen LogP contribution in [-0.4, -0.2) is 59.9 Å². The molecule has 0 fully saturated rings. The molecule has 0 bridgehead atoms. The standard InChI is InChI=1S/C36H66NO10P/c1-3-5-7-9-11-13-15-16-18-20-22-24-26-28-35(39)47-32(30-45-48(42,43)46-31-33(37)36(40)41)29-44-34(38)27-25-23-21-19-17-14-12-10-8-6-4-2/h10,12-13,15,32-33H,3-9,11,14,16-31,37H2,1-2H3,(H,40,41)(H,42,43)/b12-10-,15-13-/t32-,33+/m1/s1. The first-order valence-electron chi connectivity index (χ1n) is 18.4. The third-order valence-corrected chi connectivity index (χ3v) is 8.62. The fourth-order valence-corrected chi connectivity index (χ4v) is 5.46. The van der Waals surface area contributed by atoms with Gasteiger partial charge in [0.2, 0.25) is 0 Å². The summed E-state index contributed by atoms with van der Waals surface area (Å²) in [5, 5.41) is 8.84. The predicted molar refractivity (Wildman–Crippen MR) is 189 cm³/mol. The van der Waals surface area contributed by atoms with E-state index in [1.807, 2.05) is 0 Å². The Morgan fingerprint density at radius 3 is 1.58 bits per heavy atom. The highest BCUT2D eigenvalue weighted by Gasteiger charge is 2.28. The van der Waals surface area contributed by atoms with Crippen LogP contribution in [0.5, 0.6) is 0 Å². The summed E-state index contributed by atoms with van der Waals surface area (Å²) in [6, 6.07) is -1.52. The molecule has 0 saturated heterocycles. The lowest BCUT2D eigenvalue weighted by Gasteiger charge is -2.20. The van der Waals surface area contributed by atoms with Crippen molar-refractivity contribution in [3.8, 4) is 0 Å². The molecule has 0 aliphatic heterocycles. The van der Waals surface area contributed by atoms with Gasteiger partial charge in [0, 0.05) is 12.8 Å². The number of carboxylic acid groups (broad SMARTS) is 1. The summed E-state index contributed by atoms with van der Waals surface area (Å²) in [7, 11) is -4.71. The minimum atomic E-state index is -4.71. The van der Waals surface area contributed by atoms with Gasteiger partial charge in [0.25, 0.3) is 0 Å². The summed E-state index contributed by atoms with van der Waals surface area (Å²) < 4.78 is 32.5. The fraction of sp³-hybridized carbons (Fsp3) is 0.806. The molecule has 12 heteroatoms. The van der Waals surface area contributed by atoms with Gasteiger partial charge in [-0.25, -0.2) is 4.57 Å². The van der Waals surface area contributed by atoms with Crippen molar-refractivity contribution in [2.45, 2.75) is 167 Å². The van der Waals surface area contributed by atoms with E-state index in [2.05, 4.69) is 42.7 Å². The quantitative estimate of drug-likeness (QED) is 0.0253. The maximum absolute atomic E-state index is 12.5. The van der Waals surface area contributed by atoms with Gasteiger partial charge in [-0.1, -0.05) is 109 Å². The molecule has 0 radical (unpaired) electrons. The molecule has 0 rings (SSSR count). The number of allylic oxidation sites excluding steroid dienone is 4. The van der Waals surface area contributed by atoms with Crippen molar-refractivity contribution >= 4 is 25.7 Å². The molecule has 0 aliphatic carbocycles. The van der Waals surface area contributed by atoms with Crippen LogP contribution in [0.3, 0.4) is 0 Å². The number of ether oxygens (including phenoxy) is 2. The van der Waals surface area contributed by atoms with Crippen molar-refractivity contribution < 1.29 is 47.5 Å². The molecule has 0 saturated carbocycles. The van der Waals surface area contributed by atoms with E-state index in [0.717, 1.165) is 77.0 Å². The number of carboxylic acids is 1. The molecule has 0 aromatic carbocycles. The number of hydrogen-bond donors (Lipinski definition) is 3. The van der Waals surface area contributed by atoms with Crippen LogP contribution in [0.1, 0.15) is 155 Å². The Morgan fingerprint density at radius 2 is 1.06 bits per heavy atom. The van der Waals surface area contributed by atoms with Crippen LogP contribution in [0.15, 0.2) is 24.3 Å². The van der Waals surface area contributed by atoms with Crippen molar-refractivity contribution in [1.29, 1.82) is 0 Å². The number of nitrogens with two attached hydrogens (primary N) is 1. The number of phosphoric acid groups is 1. The van der Waals surface area contributed by atoms with Gasteiger partial charge in [-0.2, -0.15) is 0 Å². The Labute approximate surface area is 290 Å². The zero-order chi connectivity index (χ0) is 35.7. The first-order valence-corrected chi connectivity index (χ1v) is 19.9. The molecule has 0 spiro atoms. The lowest BCUT2D eigenvalue weighted by Crippen LogP contribution is -2.34. The minimum Gasteiger partial charge on any atom is -0.480 e. The second-order valence-corrected chi connectivity index (χ2v) is 13.8. The van der Waals surface area contributed by atoms with E-state index in [0.29, 0.717) is 12.8 Å². The van der Waals surface area contributed by atoms with Crippen LogP contribution in [0.2, 0.25) is 0 Å². The Hall–Kier alpha value is -2.04. The van der Waals surface area contributed by atoms with Gasteiger partial charge in [0.05, 0.1) is 13.2 Å². The normalized spacial score (nSPS) is 14.2. The summed E-state index contributed by atoms with van der Waals surface area (Å²) in [5.41, 5.74) is 5.30. The van der Waals surface area contributed by atoms with Gasteiger partial charge >= 0.3 is 25.7 Å². The summed E-state index contributed by atoms with van der Waals surface area (Å²) in [6.07, 6.45) is 29.7. The van der Waals surface area contributed by atoms with Gasteiger partial charge in [0.1, 0.15) is 12.6 Å². The molecular formula is C36H66NO10P. The van der Waals surface area contributed by atoms with E-state index in [4.69, 9.17) is 24.8 Å². The van der Waals surface area contributed by atoms with Crippen molar-refractivity contribution in [1.82, 2.24) is 0 Å². The number of hydrogen-bond acceptors (Lipinski definition) is 9. The molecule has 3 atom stereocenters. The summed E-state index contributed by atoms with van der Waals surface area (Å²) in [4.78, 5) is 45.6. The van der Waals surface area contributed by atoms with Gasteiger partial charge in [0.15, 0.2) is 6.10 Å². The summed E-state index contributed by atoms with van der Waals surface area (Å²) in [6.45, 7) is 2.70. The molecule has 280 valence electrons. The average molecular weight is 704 g/mol. The number of rotatable bonds is 34. The number of unbranched alkanes of at least 4 members (excludes halogenated alkanes) is 16. The highest BCUT2D eigenvalue weighted by molar-refractivity contribution is 7.47. The van der Waals surface area contributed by atoms with Crippen molar-refractivity contribution in [3.63, 3.8) is 0 Å². The molecule has 48 heavy (non-hydrogen) atoms. The van der Waals surface area contributed by atoms with Crippen molar-refractivity contribution in [2.24, 2.45) is 5.73 Å². The van der Waals surface area contributed by atoms with E-state index < -0.39 is 51.1 Å². The lowest BCUT2D eigenvalue weighted by atomic mass is 10.1. The predicted octanol–water partition coefficient (Wildman–Crippen LogP) is 8.72. The molecule has 0 aromatic heterocycles. The maximum atomic E-state index is 12.5. The highest BCUT2D eigenvalue weighted by Crippen LogP contribution is 2.43. The van der Waals surface area contributed by atoms with E-state index in [1.54, 1.807) is 0 Å². The van der Waals surface area contributed by atoms with Crippen LogP contribution >= 0.6 is 7.82 Å². The number of phosphoric ester groups is 1. The smallest absolute Gasteiger partial charge is 0.472 e. The average Bonchev–Trinajstić information content (AvgIpc) is 3.05. The number of aliphatic carboxylic acids is 1. The molecule has 11 nitrogen and oxygen atoms in total. The van der Waals surface area contributed by atoms with Crippen LogP contribution in [0.25, 0.3) is 0 Å². The van der Waals surface area contributed by atoms with E-state index in [1.165, 1.54) is 38.5 Å². The van der Waals surface area contributed by atoms with Gasteiger partial charge < -0.3 is 25.2 Å². The van der Waals surface area contributed by atoms with Gasteiger partial charge in [-0.3, -0.25) is 23.4 Å². The molecule has 1 unspecified atom stereocenters. The van der Waals surface area contributed by atoms with Crippen molar-refractivity contribution in [2.75, 3.05) is 19.8 Å². The third-order valence-electron chi connectivity index (χ3n) is 7.67. The molecule has 0 aromatic rings. The molecule has 4 N–H and O–H groups in total. The number of esters is 2. The largest absolute Gasteiger partial charge is 0.480 e. The number of carbonyl (C=O) groups is 3. The Balaban J connectivity index is 4.49. The second-order valence-electron chi connectivity index (χ2n) is 12.3. The first kappa shape index (κ1) is 46.0. The zero-order valence-corrected chi connectivity index (χ0v) is 30.7. The molecular weight excluding hydrogens is 637 g/mol. The van der Waals surface area contributed by atoms with Crippen LogP contribution in [0, 0.1) is 0 Å². The Kier molecular flexibility index (Phi) is 30.8. The maximum Gasteiger partial charge on any atom is 0.472 e. The topological polar surface area (TPSA) is 172 Å². The molecule has 0 heterocycles. The van der Waals surface area contributed by atoms with E-state index >= 15 is 0 Å². The van der Waals surface area contributed by atoms with Gasteiger partial charge in [-0.05, 0) is 57.8 Å². The highest BCUT2D eigenvalue weighted by atomic mass is 31.2. The van der Waals surface area contributed by atoms with Crippen molar-refractivity contribution in [3.05, 3.63) is 24.3 Å². The Morgan fingerprint density at radius 1 is 0.625 bits per heavy atom. The fourth-order valence-electron chi connectivity index (χ4n) is 4.69. The summed E-state index contributed by atoms with van der Waals surface area (Å²) in [5.74, 6) is -2.40. The first-order chi connectivity index (χ1) is 23.1. The Bertz CT molecular complexity index is 926. The van der Waals surface area contributed by atoms with Gasteiger partial charge in [-0.15, -0.1) is 0 Å². The molecule has 0 aliphatic rings. The van der Waals surface area contributed by atoms with E-state index in [-0.39, 0.29) is 19.4 Å². The monoisotopic (exact) mass is 703 g/mol. The van der Waals surface area contributed by atoms with E-state index in [9.17, 15) is 23.8 Å². The van der Waals surface area contributed by atoms with Crippen LogP contribution in [0.4, 0.5) is 0 Å². The van der Waals surface area contributed by atoms with Crippen LogP contribution < -0.4 is 5.73 Å². The lowest BCUT2D eigenvalue weighted by molar-refractivity contribution is -0.161. The second kappa shape index (κ2) is 32.2. The summed E-state index contributed by atoms with van der Waals surface area (Å²) >= 11 is 0. The molecule has 0 amide bonds. The number of carbonyl (C=O) groups excluding carboxylic acids is 2. The zero-order valence-electron chi connectivity index (χ0n) is 29.8. The minimum absolute atomic E-state index is 0.150. The SMILES string of the molecule is CCCC/C=C\CCCCCCCC(=O)OC[C@H](COP(=O)(O)OC[C@H](N)C(=O)O)OC(=O)CCCCCCC/C=C\CCCCCC. The third kappa shape index (κ3) is 31.2.